The molecule has 18 aromatic carbocycles. The zero-order chi connectivity index (χ0) is 102. The van der Waals surface area contributed by atoms with E-state index in [4.69, 9.17) is 32.2 Å². The van der Waals surface area contributed by atoms with Crippen molar-refractivity contribution in [1.29, 1.82) is 0 Å². The van der Waals surface area contributed by atoms with Crippen molar-refractivity contribution < 1.29 is 39.0 Å². The molecule has 21 heteroatoms. The van der Waals surface area contributed by atoms with Crippen LogP contribution in [0.3, 0.4) is 0 Å². The Kier molecular flexibility index (Phi) is 39.8. The monoisotopic (exact) mass is 2320 g/mol. The van der Waals surface area contributed by atoms with Gasteiger partial charge in [-0.3, -0.25) is 0 Å². The third kappa shape index (κ3) is 28.4. The van der Waals surface area contributed by atoms with E-state index in [1.165, 1.54) is 137 Å². The molecule has 4 N–H and O–H groups in total. The van der Waals surface area contributed by atoms with Crippen LogP contribution < -0.4 is 60.9 Å². The minimum absolute atomic E-state index is 0. The van der Waals surface area contributed by atoms with Crippen LogP contribution in [-0.2, 0) is 0 Å². The first kappa shape index (κ1) is 111. The molecule has 0 unspecified atom stereocenters. The number of rotatable bonds is 17. The predicted molar refractivity (Wildman–Crippen MR) is 655 cm³/mol. The van der Waals surface area contributed by atoms with Crippen molar-refractivity contribution in [2.45, 2.75) is 72.1 Å². The Labute approximate surface area is 922 Å². The SMILES string of the molecule is Brc1ccc(Br)cc1.C=Cc1ccc(-c2ccc([Si](C)(C)c3ccc(-c4ccc(-n5c6ccccc6c6ccccc65)cc4)cc3)cc2)cc1.C=Cc1ccc(B(O)O)cc1.C[Si](C)(Cl)Cl.C[Si](C)(c1ccc(Br)cc1)c1ccc(-c2ccc(-n3c4ccccc4c4ccccc43)cc2)cc1.C[Si](C)(c1ccc(Br)cc1)c1ccc(Br)cc1.OB(O)c1ccc(-n2c3ccccc3c3ccccc32)cc1.[CH2-]CCC.[Li+]. The fourth-order valence-electron chi connectivity index (χ4n) is 17.4. The van der Waals surface area contributed by atoms with Crippen molar-refractivity contribution in [3.63, 3.8) is 0 Å². The van der Waals surface area contributed by atoms with Gasteiger partial charge in [0.1, 0.15) is 24.2 Å². The molecule has 0 aliphatic carbocycles. The average molecular weight is 2320 g/mol. The van der Waals surface area contributed by atoms with Crippen LogP contribution in [-0.4, -0.2) is 78.9 Å². The summed E-state index contributed by atoms with van der Waals surface area (Å²) >= 11 is 28.1. The first-order valence-corrected chi connectivity index (χ1v) is 65.9. The summed E-state index contributed by atoms with van der Waals surface area (Å²) in [6.45, 7) is 29.7. The number of unbranched alkanes of at least 4 members (excludes halogenated alkanes) is 1. The Hall–Kier alpha value is -10.7. The Bertz CT molecular complexity index is 7600. The van der Waals surface area contributed by atoms with E-state index in [9.17, 15) is 10.0 Å². The number of hydrogen-bond donors (Lipinski definition) is 4. The summed E-state index contributed by atoms with van der Waals surface area (Å²) in [5.41, 5.74) is 21.2. The van der Waals surface area contributed by atoms with E-state index >= 15 is 0 Å². The third-order valence-corrected chi connectivity index (χ3v) is 39.0. The van der Waals surface area contributed by atoms with Crippen LogP contribution in [0, 0.1) is 6.92 Å². The van der Waals surface area contributed by atoms with E-state index in [-0.39, 0.29) is 18.9 Å². The number of halogens is 7. The van der Waals surface area contributed by atoms with Crippen molar-refractivity contribution in [3.8, 4) is 50.4 Å². The Morgan fingerprint density at radius 3 is 0.600 bits per heavy atom. The van der Waals surface area contributed by atoms with Crippen LogP contribution in [0.25, 0.3) is 128 Å². The molecule has 145 heavy (non-hydrogen) atoms. The molecule has 0 spiro atoms. The minimum atomic E-state index is -1.83. The van der Waals surface area contributed by atoms with Gasteiger partial charge in [-0.1, -0.05) is 492 Å². The van der Waals surface area contributed by atoms with Gasteiger partial charge in [0.2, 0.25) is 6.69 Å². The van der Waals surface area contributed by atoms with Gasteiger partial charge in [0.05, 0.1) is 33.1 Å². The summed E-state index contributed by atoms with van der Waals surface area (Å²) in [6.07, 6.45) is 5.86. The largest absolute Gasteiger partial charge is 1.00 e. The maximum atomic E-state index is 9.24. The quantitative estimate of drug-likeness (QED) is 0.0415. The number of benzene rings is 18. The van der Waals surface area contributed by atoms with Crippen LogP contribution >= 0.6 is 102 Å². The molecule has 0 saturated heterocycles. The molecular formula is C124H115B2Br5Cl2LiN3O4Si4. The summed E-state index contributed by atoms with van der Waals surface area (Å²) in [4.78, 5) is 0. The molecule has 0 fully saturated rings. The summed E-state index contributed by atoms with van der Waals surface area (Å²) in [5.74, 6) is 0. The second-order valence-electron chi connectivity index (χ2n) is 37.0. The van der Waals surface area contributed by atoms with Crippen LogP contribution in [0.4, 0.5) is 0 Å². The van der Waals surface area contributed by atoms with Gasteiger partial charge in [-0.15, -0.1) is 22.2 Å². The molecule has 722 valence electrons. The summed E-state index contributed by atoms with van der Waals surface area (Å²) in [6, 6.07) is 154. The Balaban J connectivity index is 0.000000153. The molecule has 0 bridgehead atoms. The van der Waals surface area contributed by atoms with Gasteiger partial charge in [-0.05, 0) is 202 Å². The topological polar surface area (TPSA) is 95.7 Å². The molecule has 0 saturated carbocycles. The van der Waals surface area contributed by atoms with Gasteiger partial charge in [0.15, 0.2) is 0 Å². The van der Waals surface area contributed by atoms with E-state index in [1.54, 1.807) is 42.5 Å². The van der Waals surface area contributed by atoms with Crippen molar-refractivity contribution in [2.24, 2.45) is 0 Å². The maximum Gasteiger partial charge on any atom is 1.00 e. The van der Waals surface area contributed by atoms with Gasteiger partial charge >= 0.3 is 33.1 Å². The number of aromatic nitrogens is 3. The average Bonchev–Trinajstić information content (AvgIpc) is 1.61. The normalized spacial score (nSPS) is 11.1. The zero-order valence-electron chi connectivity index (χ0n) is 83.2. The van der Waals surface area contributed by atoms with Crippen LogP contribution in [0.15, 0.2) is 472 Å². The molecule has 7 nitrogen and oxygen atoms in total. The second-order valence-corrected chi connectivity index (χ2v) is 63.7. The molecule has 0 amide bonds. The first-order valence-electron chi connectivity index (χ1n) is 47.9. The van der Waals surface area contributed by atoms with Gasteiger partial charge < -0.3 is 40.7 Å². The molecule has 21 aromatic rings. The standard InChI is InChI=1S/C40H33NSi.C32H26BrNSi.C18H14BNO2.C14H14Br2Si.C8H9BO2.C6H4Br2.C4H9.C2H6Cl2Si.Li/c1-4-29-13-15-30(16-14-29)32-19-25-35(26-20-32)42(2,3)36-27-21-33(22-28-36)31-17-23-34(24-18-31)41-39-11-7-5-9-37(39)38-10-6-8-12-40(38)41;1-35(2,28-21-15-25(33)16-22-28)27-19-13-24(14-20-27)23-11-17-26(18-12-23)34-31-9-5-3-7-29(31)30-8-4-6-10-32(30)34;21-19(22)13-9-11-14(12-10-13)20-17-7-3-1-5-15(17)16-6-2-4-8-18(16)20;1-17(2,13-7-3-11(15)4-8-13)14-9-5-12(16)6-10-14;1-2-7-3-5-8(6-4-7)9(10)11;7-5-1-2-6(8)4-3-5;1-3-4-2;1-5(2,3)4;/h4-28H,1H2,2-3H3;3-22H,1-2H3;1-12,21-22H;3-10H,1-2H3;2-6,10-11H,1H2;1-4H;1,3-4H2,2H3;1-2H3;/q;;;;;;-1;;+1. The summed E-state index contributed by atoms with van der Waals surface area (Å²) < 4.78 is 12.6. The number of para-hydroxylation sites is 6. The minimum Gasteiger partial charge on any atom is -0.423 e. The molecule has 0 aliphatic rings. The molecular weight excluding hydrogens is 2210 g/mol. The van der Waals surface area contributed by atoms with E-state index in [0.29, 0.717) is 10.9 Å². The van der Waals surface area contributed by atoms with Gasteiger partial charge in [-0.2, -0.15) is 6.42 Å². The fourth-order valence-corrected chi connectivity index (χ4v) is 25.7. The van der Waals surface area contributed by atoms with Crippen molar-refractivity contribution in [3.05, 3.63) is 490 Å². The van der Waals surface area contributed by atoms with Crippen LogP contribution in [0.1, 0.15) is 30.9 Å². The maximum absolute atomic E-state index is 9.24. The van der Waals surface area contributed by atoms with E-state index in [2.05, 4.69) is 499 Å². The number of hydrogen-bond acceptors (Lipinski definition) is 4. The van der Waals surface area contributed by atoms with Gasteiger partial charge in [0.25, 0.3) is 0 Å². The zero-order valence-corrected chi connectivity index (χ0v) is 96.6. The fraction of sp³-hybridized carbons (Fsp3) is 0.0887. The van der Waals surface area contributed by atoms with E-state index < -0.39 is 45.2 Å². The van der Waals surface area contributed by atoms with Crippen molar-refractivity contribution in [2.75, 3.05) is 0 Å². The van der Waals surface area contributed by atoms with E-state index in [1.807, 2.05) is 79.8 Å². The predicted octanol–water partition coefficient (Wildman–Crippen LogP) is 28.1. The molecule has 0 radical (unpaired) electrons. The molecule has 3 heterocycles. The summed E-state index contributed by atoms with van der Waals surface area (Å²) in [5, 5.41) is 52.2. The van der Waals surface area contributed by atoms with Crippen molar-refractivity contribution >= 4 is 267 Å². The van der Waals surface area contributed by atoms with Crippen LogP contribution in [0.5, 0.6) is 0 Å². The number of nitrogens with zero attached hydrogens (tertiary/aromatic N) is 3. The van der Waals surface area contributed by atoms with Gasteiger partial charge in [0, 0.05) is 71.7 Å². The molecule has 0 aliphatic heterocycles. The Morgan fingerprint density at radius 1 is 0.262 bits per heavy atom. The van der Waals surface area contributed by atoms with Gasteiger partial charge in [-0.25, -0.2) is 0 Å². The smallest absolute Gasteiger partial charge is 0.423 e. The van der Waals surface area contributed by atoms with Crippen LogP contribution in [0.2, 0.25) is 52.4 Å². The third-order valence-electron chi connectivity index (χ3n) is 25.7. The van der Waals surface area contributed by atoms with E-state index in [0.717, 1.165) is 56.6 Å². The number of fused-ring (bicyclic) bond motifs is 9. The first-order chi connectivity index (χ1) is 69.2. The Morgan fingerprint density at radius 2 is 0.414 bits per heavy atom. The van der Waals surface area contributed by atoms with Crippen molar-refractivity contribution in [1.82, 2.24) is 13.7 Å². The molecule has 0 atom stereocenters. The second kappa shape index (κ2) is 51.7. The summed E-state index contributed by atoms with van der Waals surface area (Å²) in [7, 11) is -7.92. The molecule has 21 rings (SSSR count). The molecule has 3 aromatic heterocycles.